The lowest BCUT2D eigenvalue weighted by Crippen LogP contribution is -2.13. The summed E-state index contributed by atoms with van der Waals surface area (Å²) < 4.78 is 10.5. The Balaban J connectivity index is 2.16. The maximum absolute atomic E-state index is 9.74. The summed E-state index contributed by atoms with van der Waals surface area (Å²) in [5, 5.41) is 10.9. The first kappa shape index (κ1) is 16.0. The van der Waals surface area contributed by atoms with Crippen molar-refractivity contribution in [3.63, 3.8) is 0 Å². The minimum atomic E-state index is 0.578. The maximum atomic E-state index is 9.74. The summed E-state index contributed by atoms with van der Waals surface area (Å²) in [6.45, 7) is 2.65. The second kappa shape index (κ2) is 7.61. The van der Waals surface area contributed by atoms with Crippen molar-refractivity contribution in [2.45, 2.75) is 19.8 Å². The Morgan fingerprint density at radius 1 is 1.23 bits per heavy atom. The third kappa shape index (κ3) is 3.85. The van der Waals surface area contributed by atoms with E-state index in [-0.39, 0.29) is 0 Å². The van der Waals surface area contributed by atoms with E-state index in [1.165, 1.54) is 0 Å². The predicted octanol–water partition coefficient (Wildman–Crippen LogP) is 2.87. The molecule has 0 aromatic heterocycles. The fourth-order valence-electron chi connectivity index (χ4n) is 2.02. The number of methoxy groups -OCH3 is 2. The van der Waals surface area contributed by atoms with Crippen molar-refractivity contribution in [2.75, 3.05) is 20.8 Å². The molecule has 1 aromatic carbocycles. The van der Waals surface area contributed by atoms with Gasteiger partial charge in [0, 0.05) is 12.1 Å². The molecule has 0 fully saturated rings. The average Bonchev–Trinajstić information content (AvgIpc) is 3.00. The number of hydroxylamine groups is 2. The van der Waals surface area contributed by atoms with Crippen LogP contribution in [0.2, 0.25) is 0 Å². The number of rotatable bonds is 7. The highest BCUT2D eigenvalue weighted by Crippen LogP contribution is 2.28. The van der Waals surface area contributed by atoms with Crippen molar-refractivity contribution in [3.8, 4) is 11.5 Å². The van der Waals surface area contributed by atoms with E-state index in [4.69, 9.17) is 9.47 Å². The molecule has 0 saturated heterocycles. The number of ether oxygens (including phenoxy) is 2. The minimum Gasteiger partial charge on any atom is -0.493 e. The van der Waals surface area contributed by atoms with Crippen LogP contribution >= 0.6 is 0 Å². The van der Waals surface area contributed by atoms with Crippen LogP contribution in [-0.4, -0.2) is 43.1 Å². The molecule has 118 valence electrons. The van der Waals surface area contributed by atoms with E-state index < -0.39 is 0 Å². The Morgan fingerprint density at radius 3 is 2.68 bits per heavy atom. The monoisotopic (exact) mass is 303 g/mol. The number of amidine groups is 1. The molecule has 6 nitrogen and oxygen atoms in total. The lowest BCUT2D eigenvalue weighted by molar-refractivity contribution is -0.0419. The second-order valence-electron chi connectivity index (χ2n) is 4.83. The molecular weight excluding hydrogens is 282 g/mol. The highest BCUT2D eigenvalue weighted by Gasteiger charge is 2.12. The highest BCUT2D eigenvalue weighted by molar-refractivity contribution is 6.10. The van der Waals surface area contributed by atoms with Crippen LogP contribution in [0.1, 0.15) is 25.3 Å². The van der Waals surface area contributed by atoms with Gasteiger partial charge in [-0.2, -0.15) is 0 Å². The van der Waals surface area contributed by atoms with Crippen LogP contribution in [0.3, 0.4) is 0 Å². The summed E-state index contributed by atoms with van der Waals surface area (Å²) in [5.74, 6) is 1.86. The SMILES string of the molecule is CCCCN(O)/C=C1\C=NC(c2ccc(OC)c(OC)c2)=N1. The van der Waals surface area contributed by atoms with Crippen LogP contribution in [0.5, 0.6) is 11.5 Å². The topological polar surface area (TPSA) is 66.7 Å². The largest absolute Gasteiger partial charge is 0.493 e. The first-order valence-corrected chi connectivity index (χ1v) is 7.20. The van der Waals surface area contributed by atoms with Gasteiger partial charge in [-0.1, -0.05) is 13.3 Å². The van der Waals surface area contributed by atoms with Gasteiger partial charge in [0.05, 0.1) is 26.6 Å². The molecular formula is C16H21N3O3. The number of hydrogen-bond donors (Lipinski definition) is 1. The molecule has 1 aliphatic rings. The molecule has 1 aromatic rings. The molecule has 0 unspecified atom stereocenters. The molecule has 0 aliphatic carbocycles. The molecule has 22 heavy (non-hydrogen) atoms. The van der Waals surface area contributed by atoms with Gasteiger partial charge in [-0.05, 0) is 24.6 Å². The van der Waals surface area contributed by atoms with E-state index in [2.05, 4.69) is 16.9 Å². The van der Waals surface area contributed by atoms with Gasteiger partial charge < -0.3 is 9.47 Å². The van der Waals surface area contributed by atoms with Crippen molar-refractivity contribution >= 4 is 12.1 Å². The fraction of sp³-hybridized carbons (Fsp3) is 0.375. The van der Waals surface area contributed by atoms with Gasteiger partial charge in [-0.15, -0.1) is 0 Å². The Kier molecular flexibility index (Phi) is 5.55. The van der Waals surface area contributed by atoms with Crippen LogP contribution < -0.4 is 9.47 Å². The maximum Gasteiger partial charge on any atom is 0.161 e. The van der Waals surface area contributed by atoms with Crippen LogP contribution in [-0.2, 0) is 0 Å². The zero-order valence-electron chi connectivity index (χ0n) is 13.1. The summed E-state index contributed by atoms with van der Waals surface area (Å²) in [7, 11) is 3.18. The fourth-order valence-corrected chi connectivity index (χ4v) is 2.02. The molecule has 0 amide bonds. The Labute approximate surface area is 130 Å². The Bertz CT molecular complexity index is 609. The second-order valence-corrected chi connectivity index (χ2v) is 4.83. The van der Waals surface area contributed by atoms with Gasteiger partial charge in [-0.3, -0.25) is 10.3 Å². The molecule has 0 radical (unpaired) electrons. The van der Waals surface area contributed by atoms with Gasteiger partial charge in [0.1, 0.15) is 5.70 Å². The van der Waals surface area contributed by atoms with Crippen molar-refractivity contribution in [1.82, 2.24) is 5.06 Å². The zero-order chi connectivity index (χ0) is 15.9. The molecule has 1 aliphatic heterocycles. The highest BCUT2D eigenvalue weighted by atomic mass is 16.5. The van der Waals surface area contributed by atoms with E-state index >= 15 is 0 Å². The number of benzene rings is 1. The number of aliphatic imine (C=N–C) groups is 2. The third-order valence-corrected chi connectivity index (χ3v) is 3.22. The van der Waals surface area contributed by atoms with Crippen molar-refractivity contribution < 1.29 is 14.7 Å². The Morgan fingerprint density at radius 2 is 2.00 bits per heavy atom. The lowest BCUT2D eigenvalue weighted by Gasteiger charge is -2.10. The summed E-state index contributed by atoms with van der Waals surface area (Å²) in [4.78, 5) is 8.67. The lowest BCUT2D eigenvalue weighted by atomic mass is 10.2. The quantitative estimate of drug-likeness (QED) is 0.787. The molecule has 6 heteroatoms. The van der Waals surface area contributed by atoms with Gasteiger partial charge in [-0.25, -0.2) is 9.98 Å². The molecule has 0 spiro atoms. The number of unbranched alkanes of at least 4 members (excludes halogenated alkanes) is 1. The summed E-state index contributed by atoms with van der Waals surface area (Å²) in [6.07, 6.45) is 5.15. The third-order valence-electron chi connectivity index (χ3n) is 3.22. The van der Waals surface area contributed by atoms with Crippen molar-refractivity contribution in [1.29, 1.82) is 0 Å². The van der Waals surface area contributed by atoms with Gasteiger partial charge in [0.25, 0.3) is 0 Å². The van der Waals surface area contributed by atoms with E-state index in [1.54, 1.807) is 26.6 Å². The molecule has 0 atom stereocenters. The first-order valence-electron chi connectivity index (χ1n) is 7.20. The van der Waals surface area contributed by atoms with Gasteiger partial charge in [0.15, 0.2) is 17.3 Å². The molecule has 0 bridgehead atoms. The first-order chi connectivity index (χ1) is 10.7. The molecule has 1 N–H and O–H groups in total. The summed E-state index contributed by atoms with van der Waals surface area (Å²) in [6, 6.07) is 5.51. The number of allylic oxidation sites excluding steroid dienone is 1. The van der Waals surface area contributed by atoms with Crippen molar-refractivity contribution in [2.24, 2.45) is 9.98 Å². The molecule has 0 saturated carbocycles. The van der Waals surface area contributed by atoms with E-state index in [1.807, 2.05) is 18.2 Å². The molecule has 1 heterocycles. The molecule has 2 rings (SSSR count). The van der Waals surface area contributed by atoms with Crippen molar-refractivity contribution in [3.05, 3.63) is 35.7 Å². The summed E-state index contributed by atoms with van der Waals surface area (Å²) in [5.41, 5.74) is 1.44. The van der Waals surface area contributed by atoms with E-state index in [0.717, 1.165) is 23.5 Å². The Hall–Kier alpha value is -2.34. The summed E-state index contributed by atoms with van der Waals surface area (Å²) >= 11 is 0. The standard InChI is InChI=1S/C16H21N3O3/c1-4-5-8-19(20)11-13-10-17-16(18-13)12-6-7-14(21-2)15(9-12)22-3/h6-7,9-11,20H,4-5,8H2,1-3H3/b13-11+. The van der Waals surface area contributed by atoms with Crippen LogP contribution in [0.4, 0.5) is 0 Å². The van der Waals surface area contributed by atoms with E-state index in [9.17, 15) is 5.21 Å². The van der Waals surface area contributed by atoms with Crippen LogP contribution in [0, 0.1) is 0 Å². The number of hydrogen-bond acceptors (Lipinski definition) is 6. The smallest absolute Gasteiger partial charge is 0.161 e. The zero-order valence-corrected chi connectivity index (χ0v) is 13.1. The average molecular weight is 303 g/mol. The minimum absolute atomic E-state index is 0.578. The normalized spacial score (nSPS) is 15.1. The van der Waals surface area contributed by atoms with Crippen LogP contribution in [0.15, 0.2) is 40.1 Å². The predicted molar refractivity (Wildman–Crippen MR) is 86.1 cm³/mol. The number of nitrogens with zero attached hydrogens (tertiary/aromatic N) is 3. The van der Waals surface area contributed by atoms with E-state index in [0.29, 0.717) is 29.6 Å². The van der Waals surface area contributed by atoms with Gasteiger partial charge in [0.2, 0.25) is 0 Å². The van der Waals surface area contributed by atoms with Gasteiger partial charge >= 0.3 is 0 Å². The van der Waals surface area contributed by atoms with Crippen LogP contribution in [0.25, 0.3) is 0 Å².